The molecule has 2 heterocycles. The number of hydrogen-bond donors (Lipinski definition) is 1. The fourth-order valence-corrected chi connectivity index (χ4v) is 3.83. The van der Waals surface area contributed by atoms with Gasteiger partial charge in [0.25, 0.3) is 0 Å². The zero-order chi connectivity index (χ0) is 16.1. The predicted molar refractivity (Wildman–Crippen MR) is 81.7 cm³/mol. The molecule has 5 heteroatoms. The summed E-state index contributed by atoms with van der Waals surface area (Å²) in [4.78, 5) is 26.0. The lowest BCUT2D eigenvalue weighted by molar-refractivity contribution is -0.0424. The zero-order valence-corrected chi connectivity index (χ0v) is 12.9. The van der Waals surface area contributed by atoms with Crippen molar-refractivity contribution in [3.05, 3.63) is 40.5 Å². The molecule has 1 saturated heterocycles. The number of Topliss-reactive ketones (excluding diaryl/α,β-unsaturated/α-hetero) is 2. The molecule has 0 amide bonds. The molecule has 0 radical (unpaired) electrons. The van der Waals surface area contributed by atoms with Crippen molar-refractivity contribution in [2.75, 3.05) is 6.61 Å². The van der Waals surface area contributed by atoms with Gasteiger partial charge in [0.05, 0.1) is 24.4 Å². The first-order valence-corrected chi connectivity index (χ1v) is 8.06. The summed E-state index contributed by atoms with van der Waals surface area (Å²) in [6.07, 6.45) is 1.21. The number of carbonyl (C=O) groups is 2. The molecule has 0 saturated carbocycles. The second-order valence-corrected chi connectivity index (χ2v) is 6.22. The molecule has 120 valence electrons. The van der Waals surface area contributed by atoms with Crippen LogP contribution in [0.3, 0.4) is 0 Å². The number of ketones is 2. The standard InChI is InChI=1S/C18H18O5/c1-2-4-11-14-15(18-12(23-11)7-8-22-18)16(20)9-5-3-6-10(19)13(9)17(14)21/h3,5-6,11-12,18-19H,2,4,7-8H2,1H3/t11-,12-,18+/m1/s1. The lowest BCUT2D eigenvalue weighted by Crippen LogP contribution is -2.45. The third-order valence-electron chi connectivity index (χ3n) is 4.83. The molecule has 0 spiro atoms. The molecule has 4 rings (SSSR count). The molecule has 0 aromatic heterocycles. The molecule has 1 aliphatic carbocycles. The van der Waals surface area contributed by atoms with Gasteiger partial charge in [0.2, 0.25) is 0 Å². The van der Waals surface area contributed by atoms with Gasteiger partial charge in [-0.05, 0) is 18.9 Å². The summed E-state index contributed by atoms with van der Waals surface area (Å²) in [7, 11) is 0. The molecular weight excluding hydrogens is 296 g/mol. The molecule has 1 fully saturated rings. The Balaban J connectivity index is 1.92. The van der Waals surface area contributed by atoms with Gasteiger partial charge >= 0.3 is 0 Å². The van der Waals surface area contributed by atoms with Gasteiger partial charge in [-0.2, -0.15) is 0 Å². The Labute approximate surface area is 133 Å². The van der Waals surface area contributed by atoms with E-state index in [1.54, 1.807) is 12.1 Å². The van der Waals surface area contributed by atoms with E-state index in [9.17, 15) is 14.7 Å². The van der Waals surface area contributed by atoms with Crippen LogP contribution in [0.5, 0.6) is 5.75 Å². The molecule has 1 aromatic carbocycles. The molecule has 5 nitrogen and oxygen atoms in total. The van der Waals surface area contributed by atoms with Crippen molar-refractivity contribution in [1.29, 1.82) is 0 Å². The van der Waals surface area contributed by atoms with Crippen molar-refractivity contribution >= 4 is 11.6 Å². The fourth-order valence-electron chi connectivity index (χ4n) is 3.83. The van der Waals surface area contributed by atoms with Gasteiger partial charge in [0.1, 0.15) is 11.9 Å². The van der Waals surface area contributed by atoms with E-state index in [4.69, 9.17) is 9.47 Å². The number of fused-ring (bicyclic) bond motifs is 3. The topological polar surface area (TPSA) is 72.8 Å². The van der Waals surface area contributed by atoms with Crippen LogP contribution in [-0.4, -0.2) is 41.6 Å². The quantitative estimate of drug-likeness (QED) is 0.907. The Hall–Kier alpha value is -1.98. The maximum atomic E-state index is 13.0. The van der Waals surface area contributed by atoms with Crippen LogP contribution in [0.4, 0.5) is 0 Å². The van der Waals surface area contributed by atoms with Crippen LogP contribution in [-0.2, 0) is 9.47 Å². The van der Waals surface area contributed by atoms with Gasteiger partial charge in [0.15, 0.2) is 11.6 Å². The average molecular weight is 314 g/mol. The maximum Gasteiger partial charge on any atom is 0.196 e. The third kappa shape index (κ3) is 2.00. The van der Waals surface area contributed by atoms with E-state index in [1.807, 2.05) is 6.92 Å². The van der Waals surface area contributed by atoms with Gasteiger partial charge in [-0.25, -0.2) is 0 Å². The molecule has 3 atom stereocenters. The number of benzene rings is 1. The molecule has 0 bridgehead atoms. The van der Waals surface area contributed by atoms with Crippen LogP contribution in [0, 0.1) is 0 Å². The van der Waals surface area contributed by atoms with Crippen molar-refractivity contribution in [3.8, 4) is 5.75 Å². The van der Waals surface area contributed by atoms with Gasteiger partial charge < -0.3 is 14.6 Å². The predicted octanol–water partition coefficient (Wildman–Crippen LogP) is 2.42. The van der Waals surface area contributed by atoms with E-state index in [1.165, 1.54) is 6.07 Å². The van der Waals surface area contributed by atoms with Crippen molar-refractivity contribution in [3.63, 3.8) is 0 Å². The monoisotopic (exact) mass is 314 g/mol. The van der Waals surface area contributed by atoms with E-state index in [-0.39, 0.29) is 34.5 Å². The zero-order valence-electron chi connectivity index (χ0n) is 12.9. The minimum absolute atomic E-state index is 0.0948. The highest BCUT2D eigenvalue weighted by Crippen LogP contribution is 2.42. The van der Waals surface area contributed by atoms with Gasteiger partial charge in [-0.1, -0.05) is 25.5 Å². The highest BCUT2D eigenvalue weighted by molar-refractivity contribution is 6.28. The van der Waals surface area contributed by atoms with Gasteiger partial charge in [-0.3, -0.25) is 9.59 Å². The van der Waals surface area contributed by atoms with Crippen LogP contribution in [0.25, 0.3) is 0 Å². The summed E-state index contributed by atoms with van der Waals surface area (Å²) < 4.78 is 11.8. The van der Waals surface area contributed by atoms with E-state index in [0.717, 1.165) is 12.8 Å². The lowest BCUT2D eigenvalue weighted by atomic mass is 9.76. The second-order valence-electron chi connectivity index (χ2n) is 6.22. The van der Waals surface area contributed by atoms with Crippen LogP contribution in [0.2, 0.25) is 0 Å². The maximum absolute atomic E-state index is 13.0. The smallest absolute Gasteiger partial charge is 0.196 e. The Morgan fingerprint density at radius 3 is 2.83 bits per heavy atom. The Morgan fingerprint density at radius 2 is 2.04 bits per heavy atom. The SMILES string of the molecule is CCC[C@H]1O[C@@H]2CCO[C@@H]2C2=C1C(=O)c1c(O)cccc1C2=O. The first kappa shape index (κ1) is 14.6. The highest BCUT2D eigenvalue weighted by atomic mass is 16.6. The minimum atomic E-state index is -0.468. The summed E-state index contributed by atoms with van der Waals surface area (Å²) in [5, 5.41) is 10.1. The largest absolute Gasteiger partial charge is 0.507 e. The molecule has 23 heavy (non-hydrogen) atoms. The third-order valence-corrected chi connectivity index (χ3v) is 4.83. The first-order valence-electron chi connectivity index (χ1n) is 8.06. The van der Waals surface area contributed by atoms with Crippen molar-refractivity contribution < 1.29 is 24.2 Å². The van der Waals surface area contributed by atoms with Crippen LogP contribution >= 0.6 is 0 Å². The Kier molecular flexibility index (Phi) is 3.36. The number of carbonyl (C=O) groups excluding carboxylic acids is 2. The molecule has 1 aromatic rings. The minimum Gasteiger partial charge on any atom is -0.507 e. The summed E-state index contributed by atoms with van der Waals surface area (Å²) in [5.41, 5.74) is 1.19. The average Bonchev–Trinajstić information content (AvgIpc) is 2.99. The molecule has 0 unspecified atom stereocenters. The van der Waals surface area contributed by atoms with Crippen molar-refractivity contribution in [2.24, 2.45) is 0 Å². The van der Waals surface area contributed by atoms with Crippen LogP contribution < -0.4 is 0 Å². The summed E-state index contributed by atoms with van der Waals surface area (Å²) >= 11 is 0. The van der Waals surface area contributed by atoms with Crippen molar-refractivity contribution in [1.82, 2.24) is 0 Å². The van der Waals surface area contributed by atoms with E-state index in [2.05, 4.69) is 0 Å². The molecule has 2 aliphatic heterocycles. The highest BCUT2D eigenvalue weighted by Gasteiger charge is 2.49. The van der Waals surface area contributed by atoms with Gasteiger partial charge in [0, 0.05) is 16.7 Å². The number of phenols is 1. The van der Waals surface area contributed by atoms with E-state index < -0.39 is 12.2 Å². The lowest BCUT2D eigenvalue weighted by Gasteiger charge is -2.37. The van der Waals surface area contributed by atoms with Crippen molar-refractivity contribution in [2.45, 2.75) is 44.5 Å². The van der Waals surface area contributed by atoms with Gasteiger partial charge in [-0.15, -0.1) is 0 Å². The van der Waals surface area contributed by atoms with Crippen LogP contribution in [0.1, 0.15) is 46.9 Å². The number of ether oxygens (including phenoxy) is 2. The molecule has 3 aliphatic rings. The summed E-state index contributed by atoms with van der Waals surface area (Å²) in [6.45, 7) is 2.54. The number of phenolic OH excluding ortho intramolecular Hbond substituents is 1. The normalized spacial score (nSPS) is 29.3. The Morgan fingerprint density at radius 1 is 1.22 bits per heavy atom. The number of aromatic hydroxyl groups is 1. The molecule has 1 N–H and O–H groups in total. The summed E-state index contributed by atoms with van der Waals surface area (Å²) in [5.74, 6) is -0.677. The summed E-state index contributed by atoms with van der Waals surface area (Å²) in [6, 6.07) is 4.61. The fraction of sp³-hybridized carbons (Fsp3) is 0.444. The number of rotatable bonds is 2. The Bertz CT molecular complexity index is 733. The molecular formula is C18H18O5. The number of hydrogen-bond acceptors (Lipinski definition) is 5. The van der Waals surface area contributed by atoms with E-state index in [0.29, 0.717) is 24.2 Å². The van der Waals surface area contributed by atoms with Crippen LogP contribution in [0.15, 0.2) is 29.3 Å². The second kappa shape index (κ2) is 5.28. The first-order chi connectivity index (χ1) is 11.1. The van der Waals surface area contributed by atoms with E-state index >= 15 is 0 Å².